The number of ether oxygens (including phenoxy) is 1. The number of para-hydroxylation sites is 1. The molecule has 1 aromatic heterocycles. The molecule has 4 heteroatoms. The SMILES string of the molecule is Cc1nc2cccc(OC3CNC3)c2o1. The van der Waals surface area contributed by atoms with E-state index in [-0.39, 0.29) is 6.10 Å². The van der Waals surface area contributed by atoms with E-state index in [0.717, 1.165) is 29.9 Å². The van der Waals surface area contributed by atoms with Crippen LogP contribution in [0.25, 0.3) is 11.1 Å². The molecule has 0 bridgehead atoms. The highest BCUT2D eigenvalue weighted by Crippen LogP contribution is 2.27. The molecular weight excluding hydrogens is 192 g/mol. The smallest absolute Gasteiger partial charge is 0.196 e. The zero-order chi connectivity index (χ0) is 10.3. The van der Waals surface area contributed by atoms with Crippen LogP contribution in [0.1, 0.15) is 5.89 Å². The maximum atomic E-state index is 5.78. The zero-order valence-electron chi connectivity index (χ0n) is 8.49. The maximum absolute atomic E-state index is 5.78. The molecule has 1 fully saturated rings. The molecule has 1 N–H and O–H groups in total. The van der Waals surface area contributed by atoms with Gasteiger partial charge in [-0.2, -0.15) is 0 Å². The minimum atomic E-state index is 0.265. The third kappa shape index (κ3) is 1.47. The molecule has 0 spiro atoms. The second kappa shape index (κ2) is 3.24. The van der Waals surface area contributed by atoms with Crippen molar-refractivity contribution in [3.05, 3.63) is 24.1 Å². The van der Waals surface area contributed by atoms with E-state index >= 15 is 0 Å². The molecule has 1 aromatic carbocycles. The Kier molecular flexibility index (Phi) is 1.89. The fourth-order valence-corrected chi connectivity index (χ4v) is 1.65. The Morgan fingerprint density at radius 2 is 2.33 bits per heavy atom. The number of aryl methyl sites for hydroxylation is 1. The molecule has 0 aliphatic carbocycles. The van der Waals surface area contributed by atoms with E-state index in [9.17, 15) is 0 Å². The highest BCUT2D eigenvalue weighted by Gasteiger charge is 2.20. The van der Waals surface area contributed by atoms with Crippen LogP contribution in [0.15, 0.2) is 22.6 Å². The second-order valence-electron chi connectivity index (χ2n) is 3.74. The molecule has 4 nitrogen and oxygen atoms in total. The molecular formula is C11H12N2O2. The summed E-state index contributed by atoms with van der Waals surface area (Å²) in [6, 6.07) is 5.79. The summed E-state index contributed by atoms with van der Waals surface area (Å²) >= 11 is 0. The average molecular weight is 204 g/mol. The molecule has 2 aromatic rings. The van der Waals surface area contributed by atoms with E-state index in [4.69, 9.17) is 9.15 Å². The van der Waals surface area contributed by atoms with Gasteiger partial charge in [-0.3, -0.25) is 0 Å². The molecule has 15 heavy (non-hydrogen) atoms. The standard InChI is InChI=1S/C11H12N2O2/c1-7-13-9-3-2-4-10(11(9)14-7)15-8-5-12-6-8/h2-4,8,12H,5-6H2,1H3. The summed E-state index contributed by atoms with van der Waals surface area (Å²) in [4.78, 5) is 4.26. The van der Waals surface area contributed by atoms with E-state index in [2.05, 4.69) is 10.3 Å². The molecule has 0 atom stereocenters. The summed E-state index contributed by atoms with van der Waals surface area (Å²) in [6.45, 7) is 3.65. The van der Waals surface area contributed by atoms with Crippen LogP contribution in [-0.4, -0.2) is 24.2 Å². The first kappa shape index (κ1) is 8.73. The Labute approximate surface area is 87.2 Å². The summed E-state index contributed by atoms with van der Waals surface area (Å²) in [6.07, 6.45) is 0.265. The van der Waals surface area contributed by atoms with Crippen molar-refractivity contribution in [1.82, 2.24) is 10.3 Å². The van der Waals surface area contributed by atoms with Gasteiger partial charge in [0, 0.05) is 20.0 Å². The van der Waals surface area contributed by atoms with Gasteiger partial charge in [0.1, 0.15) is 11.6 Å². The van der Waals surface area contributed by atoms with Gasteiger partial charge in [0.15, 0.2) is 17.2 Å². The average Bonchev–Trinajstić information content (AvgIpc) is 2.52. The first-order valence-corrected chi connectivity index (χ1v) is 5.06. The molecule has 78 valence electrons. The maximum Gasteiger partial charge on any atom is 0.196 e. The van der Waals surface area contributed by atoms with Crippen LogP contribution >= 0.6 is 0 Å². The van der Waals surface area contributed by atoms with Gasteiger partial charge >= 0.3 is 0 Å². The molecule has 1 saturated heterocycles. The lowest BCUT2D eigenvalue weighted by atomic mass is 10.2. The van der Waals surface area contributed by atoms with Crippen LogP contribution in [0, 0.1) is 6.92 Å². The lowest BCUT2D eigenvalue weighted by Gasteiger charge is -2.27. The van der Waals surface area contributed by atoms with Crippen LogP contribution in [-0.2, 0) is 0 Å². The fourth-order valence-electron chi connectivity index (χ4n) is 1.65. The van der Waals surface area contributed by atoms with Crippen molar-refractivity contribution in [3.63, 3.8) is 0 Å². The quantitative estimate of drug-likeness (QED) is 0.805. The Balaban J connectivity index is 2.00. The van der Waals surface area contributed by atoms with Crippen molar-refractivity contribution in [2.24, 2.45) is 0 Å². The zero-order valence-corrected chi connectivity index (χ0v) is 8.49. The summed E-state index contributed by atoms with van der Waals surface area (Å²) in [7, 11) is 0. The monoisotopic (exact) mass is 204 g/mol. The Morgan fingerprint density at radius 3 is 3.07 bits per heavy atom. The fraction of sp³-hybridized carbons (Fsp3) is 0.364. The molecule has 0 saturated carbocycles. The number of nitrogens with one attached hydrogen (secondary N) is 1. The Hall–Kier alpha value is -1.55. The normalized spacial score (nSPS) is 16.6. The number of oxazole rings is 1. The number of fused-ring (bicyclic) bond motifs is 1. The number of hydrogen-bond acceptors (Lipinski definition) is 4. The van der Waals surface area contributed by atoms with E-state index in [1.54, 1.807) is 0 Å². The number of benzene rings is 1. The van der Waals surface area contributed by atoms with Crippen molar-refractivity contribution in [3.8, 4) is 5.75 Å². The number of hydrogen-bond donors (Lipinski definition) is 1. The van der Waals surface area contributed by atoms with Crippen LogP contribution in [0.2, 0.25) is 0 Å². The lowest BCUT2D eigenvalue weighted by molar-refractivity contribution is 0.142. The molecule has 1 aliphatic heterocycles. The molecule has 1 aliphatic rings. The molecule has 2 heterocycles. The molecule has 0 radical (unpaired) electrons. The highest BCUT2D eigenvalue weighted by molar-refractivity contribution is 5.79. The first-order chi connectivity index (χ1) is 7.33. The van der Waals surface area contributed by atoms with Gasteiger partial charge < -0.3 is 14.5 Å². The number of aromatic nitrogens is 1. The van der Waals surface area contributed by atoms with Crippen LogP contribution in [0.3, 0.4) is 0 Å². The van der Waals surface area contributed by atoms with Crippen molar-refractivity contribution in [1.29, 1.82) is 0 Å². The van der Waals surface area contributed by atoms with Crippen LogP contribution < -0.4 is 10.1 Å². The number of rotatable bonds is 2. The van der Waals surface area contributed by atoms with E-state index in [1.807, 2.05) is 25.1 Å². The summed E-state index contributed by atoms with van der Waals surface area (Å²) in [5, 5.41) is 3.16. The third-order valence-electron chi connectivity index (χ3n) is 2.52. The van der Waals surface area contributed by atoms with Crippen molar-refractivity contribution in [2.75, 3.05) is 13.1 Å². The minimum Gasteiger partial charge on any atom is -0.484 e. The van der Waals surface area contributed by atoms with Gasteiger partial charge in [0.25, 0.3) is 0 Å². The van der Waals surface area contributed by atoms with Gasteiger partial charge in [-0.25, -0.2) is 4.98 Å². The van der Waals surface area contributed by atoms with Crippen molar-refractivity contribution < 1.29 is 9.15 Å². The topological polar surface area (TPSA) is 47.3 Å². The molecule has 0 amide bonds. The molecule has 0 unspecified atom stereocenters. The lowest BCUT2D eigenvalue weighted by Crippen LogP contribution is -2.50. The Bertz CT molecular complexity index is 488. The molecule has 3 rings (SSSR count). The first-order valence-electron chi connectivity index (χ1n) is 5.06. The van der Waals surface area contributed by atoms with Crippen molar-refractivity contribution in [2.45, 2.75) is 13.0 Å². The number of nitrogens with zero attached hydrogens (tertiary/aromatic N) is 1. The van der Waals surface area contributed by atoms with Gasteiger partial charge in [-0.15, -0.1) is 0 Å². The van der Waals surface area contributed by atoms with Gasteiger partial charge in [0.05, 0.1) is 0 Å². The van der Waals surface area contributed by atoms with Gasteiger partial charge in [0.2, 0.25) is 0 Å². The predicted molar refractivity (Wildman–Crippen MR) is 56.0 cm³/mol. The van der Waals surface area contributed by atoms with E-state index in [0.29, 0.717) is 5.89 Å². The van der Waals surface area contributed by atoms with Gasteiger partial charge in [-0.1, -0.05) is 6.07 Å². The second-order valence-corrected chi connectivity index (χ2v) is 3.74. The highest BCUT2D eigenvalue weighted by atomic mass is 16.5. The largest absolute Gasteiger partial charge is 0.484 e. The van der Waals surface area contributed by atoms with Crippen LogP contribution in [0.4, 0.5) is 0 Å². The minimum absolute atomic E-state index is 0.265. The summed E-state index contributed by atoms with van der Waals surface area (Å²) in [5.74, 6) is 1.47. The van der Waals surface area contributed by atoms with E-state index < -0.39 is 0 Å². The summed E-state index contributed by atoms with van der Waals surface area (Å²) in [5.41, 5.74) is 1.61. The van der Waals surface area contributed by atoms with Gasteiger partial charge in [-0.05, 0) is 12.1 Å². The summed E-state index contributed by atoms with van der Waals surface area (Å²) < 4.78 is 11.3. The predicted octanol–water partition coefficient (Wildman–Crippen LogP) is 1.49. The van der Waals surface area contributed by atoms with E-state index in [1.165, 1.54) is 0 Å². The Morgan fingerprint density at radius 1 is 1.47 bits per heavy atom. The van der Waals surface area contributed by atoms with Crippen molar-refractivity contribution >= 4 is 11.1 Å². The third-order valence-corrected chi connectivity index (χ3v) is 2.52. The van der Waals surface area contributed by atoms with Crippen LogP contribution in [0.5, 0.6) is 5.75 Å².